The smallest absolute Gasteiger partial charge is 0.166 e. The van der Waals surface area contributed by atoms with Crippen LogP contribution < -0.4 is 15.4 Å². The molecular weight excluding hydrogens is 189 g/mol. The maximum absolute atomic E-state index is 13.0. The summed E-state index contributed by atoms with van der Waals surface area (Å²) in [6, 6.07) is 2.52. The van der Waals surface area contributed by atoms with Gasteiger partial charge in [-0.3, -0.25) is 4.84 Å². The predicted octanol–water partition coefficient (Wildman–Crippen LogP) is 1.23. The number of nitrogens with two attached hydrogens (primary N) is 1. The second kappa shape index (κ2) is 4.78. The summed E-state index contributed by atoms with van der Waals surface area (Å²) >= 11 is 0. The molecule has 0 bridgehead atoms. The Morgan fingerprint density at radius 1 is 1.29 bits per heavy atom. The molecule has 0 radical (unpaired) electrons. The van der Waals surface area contributed by atoms with Crippen molar-refractivity contribution in [3.05, 3.63) is 23.5 Å². The zero-order valence-electron chi connectivity index (χ0n) is 8.04. The quantitative estimate of drug-likeness (QED) is 0.744. The Hall–Kier alpha value is -1.33. The molecule has 78 valence electrons. The predicted molar refractivity (Wildman–Crippen MR) is 48.5 cm³/mol. The Morgan fingerprint density at radius 3 is 2.50 bits per heavy atom. The summed E-state index contributed by atoms with van der Waals surface area (Å²) in [6.45, 7) is 0.0668. The van der Waals surface area contributed by atoms with E-state index in [-0.39, 0.29) is 6.61 Å². The molecule has 0 saturated heterocycles. The van der Waals surface area contributed by atoms with E-state index >= 15 is 0 Å². The van der Waals surface area contributed by atoms with Crippen molar-refractivity contribution in [3.8, 4) is 11.5 Å². The van der Waals surface area contributed by atoms with E-state index in [1.54, 1.807) is 0 Å². The molecule has 0 saturated carbocycles. The molecule has 14 heavy (non-hydrogen) atoms. The van der Waals surface area contributed by atoms with E-state index in [0.717, 1.165) is 0 Å². The van der Waals surface area contributed by atoms with Crippen LogP contribution in [-0.2, 0) is 11.4 Å². The highest BCUT2D eigenvalue weighted by atomic mass is 19.1. The van der Waals surface area contributed by atoms with E-state index in [9.17, 15) is 4.39 Å². The molecule has 1 aromatic carbocycles. The van der Waals surface area contributed by atoms with Gasteiger partial charge in [0.2, 0.25) is 0 Å². The molecule has 0 aliphatic rings. The number of hydrogen-bond acceptors (Lipinski definition) is 4. The van der Waals surface area contributed by atoms with Crippen LogP contribution in [0.4, 0.5) is 4.39 Å². The lowest BCUT2D eigenvalue weighted by atomic mass is 10.2. The Labute approximate surface area is 81.3 Å². The van der Waals surface area contributed by atoms with Crippen molar-refractivity contribution >= 4 is 0 Å². The molecule has 0 aliphatic heterocycles. The summed E-state index contributed by atoms with van der Waals surface area (Å²) in [4.78, 5) is 4.42. The number of rotatable bonds is 4. The standard InChI is InChI=1S/C9H12FNO3/c1-12-8-4-7(10)3-6(5-14-11)9(8)13-2/h3-4H,5,11H2,1-2H3. The lowest BCUT2D eigenvalue weighted by molar-refractivity contribution is 0.121. The zero-order chi connectivity index (χ0) is 10.6. The molecule has 2 N–H and O–H groups in total. The van der Waals surface area contributed by atoms with E-state index in [4.69, 9.17) is 15.4 Å². The number of ether oxygens (including phenoxy) is 2. The molecule has 0 aromatic heterocycles. The molecule has 4 nitrogen and oxygen atoms in total. The van der Waals surface area contributed by atoms with Crippen LogP contribution in [0.5, 0.6) is 11.5 Å². The van der Waals surface area contributed by atoms with Crippen LogP contribution in [0.2, 0.25) is 0 Å². The van der Waals surface area contributed by atoms with Gasteiger partial charge in [-0.05, 0) is 6.07 Å². The summed E-state index contributed by atoms with van der Waals surface area (Å²) in [7, 11) is 2.90. The first kappa shape index (κ1) is 10.7. The van der Waals surface area contributed by atoms with Gasteiger partial charge in [-0.15, -0.1) is 0 Å². The van der Waals surface area contributed by atoms with Crippen LogP contribution in [0.15, 0.2) is 12.1 Å². The highest BCUT2D eigenvalue weighted by Gasteiger charge is 2.12. The lowest BCUT2D eigenvalue weighted by Gasteiger charge is -2.11. The molecule has 0 heterocycles. The fourth-order valence-electron chi connectivity index (χ4n) is 1.20. The molecule has 1 rings (SSSR count). The van der Waals surface area contributed by atoms with Gasteiger partial charge in [0.15, 0.2) is 11.5 Å². The van der Waals surface area contributed by atoms with E-state index in [2.05, 4.69) is 4.84 Å². The molecule has 0 spiro atoms. The maximum Gasteiger partial charge on any atom is 0.166 e. The third-order valence-electron chi connectivity index (χ3n) is 1.76. The second-order valence-electron chi connectivity index (χ2n) is 2.61. The van der Waals surface area contributed by atoms with E-state index in [1.165, 1.54) is 26.4 Å². The minimum atomic E-state index is -0.422. The van der Waals surface area contributed by atoms with Gasteiger partial charge in [0.1, 0.15) is 5.82 Å². The van der Waals surface area contributed by atoms with Crippen LogP contribution >= 0.6 is 0 Å². The zero-order valence-corrected chi connectivity index (χ0v) is 8.04. The van der Waals surface area contributed by atoms with Crippen molar-refractivity contribution < 1.29 is 18.7 Å². The summed E-state index contributed by atoms with van der Waals surface area (Å²) < 4.78 is 23.0. The number of benzene rings is 1. The van der Waals surface area contributed by atoms with Gasteiger partial charge in [-0.25, -0.2) is 10.3 Å². The molecule has 0 unspecified atom stereocenters. The van der Waals surface area contributed by atoms with Crippen molar-refractivity contribution in [3.63, 3.8) is 0 Å². The van der Waals surface area contributed by atoms with Gasteiger partial charge in [0.05, 0.1) is 20.8 Å². The average Bonchev–Trinajstić information content (AvgIpc) is 2.17. The van der Waals surface area contributed by atoms with Crippen LogP contribution in [-0.4, -0.2) is 14.2 Å². The minimum absolute atomic E-state index is 0.0668. The summed E-state index contributed by atoms with van der Waals surface area (Å²) in [6.07, 6.45) is 0. The highest BCUT2D eigenvalue weighted by molar-refractivity contribution is 5.46. The van der Waals surface area contributed by atoms with E-state index in [0.29, 0.717) is 17.1 Å². The fraction of sp³-hybridized carbons (Fsp3) is 0.333. The van der Waals surface area contributed by atoms with Crippen LogP contribution in [0.3, 0.4) is 0 Å². The van der Waals surface area contributed by atoms with Crippen molar-refractivity contribution in [1.29, 1.82) is 0 Å². The van der Waals surface area contributed by atoms with Gasteiger partial charge in [-0.2, -0.15) is 0 Å². The third-order valence-corrected chi connectivity index (χ3v) is 1.76. The highest BCUT2D eigenvalue weighted by Crippen LogP contribution is 2.32. The van der Waals surface area contributed by atoms with Gasteiger partial charge in [0, 0.05) is 11.6 Å². The van der Waals surface area contributed by atoms with Gasteiger partial charge >= 0.3 is 0 Å². The van der Waals surface area contributed by atoms with Crippen molar-refractivity contribution in [1.82, 2.24) is 0 Å². The first-order chi connectivity index (χ1) is 6.72. The molecule has 1 aromatic rings. The van der Waals surface area contributed by atoms with E-state index in [1.807, 2.05) is 0 Å². The molecule has 0 atom stereocenters. The van der Waals surface area contributed by atoms with Crippen molar-refractivity contribution in [2.24, 2.45) is 5.90 Å². The van der Waals surface area contributed by atoms with Gasteiger partial charge < -0.3 is 9.47 Å². The van der Waals surface area contributed by atoms with Crippen molar-refractivity contribution in [2.45, 2.75) is 6.61 Å². The summed E-state index contributed by atoms with van der Waals surface area (Å²) in [5, 5.41) is 0. The van der Waals surface area contributed by atoms with Crippen LogP contribution in [0, 0.1) is 5.82 Å². The Kier molecular flexibility index (Phi) is 3.67. The second-order valence-corrected chi connectivity index (χ2v) is 2.61. The maximum atomic E-state index is 13.0. The largest absolute Gasteiger partial charge is 0.493 e. The van der Waals surface area contributed by atoms with Gasteiger partial charge in [0.25, 0.3) is 0 Å². The average molecular weight is 201 g/mol. The number of halogens is 1. The number of methoxy groups -OCH3 is 2. The minimum Gasteiger partial charge on any atom is -0.493 e. The fourth-order valence-corrected chi connectivity index (χ4v) is 1.20. The first-order valence-electron chi connectivity index (χ1n) is 3.95. The molecule has 0 amide bonds. The monoisotopic (exact) mass is 201 g/mol. The topological polar surface area (TPSA) is 53.7 Å². The normalized spacial score (nSPS) is 10.0. The van der Waals surface area contributed by atoms with Crippen LogP contribution in [0.25, 0.3) is 0 Å². The third kappa shape index (κ3) is 2.12. The molecule has 5 heteroatoms. The Morgan fingerprint density at radius 2 is 2.00 bits per heavy atom. The molecule has 0 aliphatic carbocycles. The number of hydrogen-bond donors (Lipinski definition) is 1. The lowest BCUT2D eigenvalue weighted by Crippen LogP contribution is -2.03. The SMILES string of the molecule is COc1cc(F)cc(CON)c1OC. The summed E-state index contributed by atoms with van der Waals surface area (Å²) in [5.74, 6) is 5.23. The first-order valence-corrected chi connectivity index (χ1v) is 3.95. The molecule has 0 fully saturated rings. The van der Waals surface area contributed by atoms with Crippen LogP contribution in [0.1, 0.15) is 5.56 Å². The molecular formula is C9H12FNO3. The van der Waals surface area contributed by atoms with Gasteiger partial charge in [-0.1, -0.05) is 0 Å². The van der Waals surface area contributed by atoms with E-state index < -0.39 is 5.82 Å². The Balaban J connectivity index is 3.17. The Bertz CT molecular complexity index is 317. The summed E-state index contributed by atoms with van der Waals surface area (Å²) in [5.41, 5.74) is 0.506. The van der Waals surface area contributed by atoms with Crippen molar-refractivity contribution in [2.75, 3.05) is 14.2 Å².